The number of likely N-dealkylation sites (N-methyl/N-ethyl adjacent to an activating group) is 1. The molecule has 208 valence electrons. The van der Waals surface area contributed by atoms with Crippen LogP contribution in [0.2, 0.25) is 0 Å². The summed E-state index contributed by atoms with van der Waals surface area (Å²) >= 11 is 0. The van der Waals surface area contributed by atoms with Crippen LogP contribution in [-0.2, 0) is 17.9 Å². The Balaban J connectivity index is 1.16. The summed E-state index contributed by atoms with van der Waals surface area (Å²) in [6, 6.07) is 9.90. The first-order chi connectivity index (χ1) is 19.0. The summed E-state index contributed by atoms with van der Waals surface area (Å²) < 4.78 is 17.5. The maximum atomic E-state index is 12.5. The van der Waals surface area contributed by atoms with E-state index in [9.17, 15) is 9.90 Å². The minimum Gasteiger partial charge on any atom is -0.493 e. The molecule has 0 aliphatic carbocycles. The lowest BCUT2D eigenvalue weighted by Crippen LogP contribution is -2.46. The summed E-state index contributed by atoms with van der Waals surface area (Å²) in [4.78, 5) is 23.7. The predicted octanol–water partition coefficient (Wildman–Crippen LogP) is 3.11. The molecule has 0 unspecified atom stereocenters. The molecule has 0 radical (unpaired) electrons. The molecule has 3 heterocycles. The zero-order valence-corrected chi connectivity index (χ0v) is 22.8. The number of nitrogens with zero attached hydrogens (tertiary/aromatic N) is 4. The van der Waals surface area contributed by atoms with Crippen molar-refractivity contribution >= 4 is 23.9 Å². The van der Waals surface area contributed by atoms with Crippen molar-refractivity contribution in [3.05, 3.63) is 53.1 Å². The number of hydrogen-bond donors (Lipinski definition) is 1. The molecule has 39 heavy (non-hydrogen) atoms. The van der Waals surface area contributed by atoms with Crippen LogP contribution in [0, 0.1) is 0 Å². The fourth-order valence-corrected chi connectivity index (χ4v) is 5.28. The Hall–Kier alpha value is -3.40. The number of carbonyl (C=O) groups excluding carboxylic acids is 1. The largest absolute Gasteiger partial charge is 0.493 e. The first-order valence-electron chi connectivity index (χ1n) is 13.7. The molecule has 2 aromatic rings. The number of aliphatic imine (C=N–C) groups is 1. The number of hydrogen-bond acceptors (Lipinski definition) is 8. The van der Waals surface area contributed by atoms with Crippen LogP contribution < -0.4 is 14.2 Å². The highest BCUT2D eigenvalue weighted by Crippen LogP contribution is 2.34. The molecule has 0 saturated carbocycles. The fourth-order valence-electron chi connectivity index (χ4n) is 5.28. The third-order valence-electron chi connectivity index (χ3n) is 7.62. The molecule has 2 aromatic carbocycles. The standard InChI is InChI=1S/C30H38N4O5/c1-32-10-12-33(13-11-32)30(36)8-6-22-5-7-27(29(16-22)37-2)38-14-15-39-28-18-26-23(17-24(28)21-35)20-34-9-3-4-25(34)19-31-26/h5-8,16-19,25,35H,3-4,9-15,20-21H2,1-2H3/b8-6+/t25-/m0/s1. The summed E-state index contributed by atoms with van der Waals surface area (Å²) in [6.07, 6.45) is 7.79. The van der Waals surface area contributed by atoms with Gasteiger partial charge in [0.1, 0.15) is 19.0 Å². The third kappa shape index (κ3) is 6.61. The summed E-state index contributed by atoms with van der Waals surface area (Å²) in [6.45, 7) is 5.69. The highest BCUT2D eigenvalue weighted by atomic mass is 16.5. The van der Waals surface area contributed by atoms with Gasteiger partial charge >= 0.3 is 0 Å². The molecule has 1 atom stereocenters. The molecule has 1 N–H and O–H groups in total. The molecule has 1 amide bonds. The van der Waals surface area contributed by atoms with Crippen LogP contribution in [0.5, 0.6) is 17.2 Å². The van der Waals surface area contributed by atoms with E-state index in [2.05, 4.69) is 16.8 Å². The van der Waals surface area contributed by atoms with Crippen LogP contribution in [0.25, 0.3) is 6.08 Å². The van der Waals surface area contributed by atoms with E-state index in [4.69, 9.17) is 19.2 Å². The number of piperazine rings is 1. The minimum atomic E-state index is -0.100. The predicted molar refractivity (Wildman–Crippen MR) is 151 cm³/mol. The van der Waals surface area contributed by atoms with Gasteiger partial charge in [0.25, 0.3) is 0 Å². The third-order valence-corrected chi connectivity index (χ3v) is 7.62. The Labute approximate surface area is 230 Å². The maximum Gasteiger partial charge on any atom is 0.246 e. The number of rotatable bonds is 9. The average Bonchev–Trinajstić information content (AvgIpc) is 3.33. The first-order valence-corrected chi connectivity index (χ1v) is 13.7. The summed E-state index contributed by atoms with van der Waals surface area (Å²) in [7, 11) is 3.66. The molecule has 5 rings (SSSR count). The summed E-state index contributed by atoms with van der Waals surface area (Å²) in [5.74, 6) is 1.82. The van der Waals surface area contributed by atoms with Crippen molar-refractivity contribution in [2.45, 2.75) is 32.0 Å². The summed E-state index contributed by atoms with van der Waals surface area (Å²) in [5.41, 5.74) is 3.62. The van der Waals surface area contributed by atoms with E-state index in [1.165, 1.54) is 6.42 Å². The number of methoxy groups -OCH3 is 1. The highest BCUT2D eigenvalue weighted by molar-refractivity contribution is 5.92. The van der Waals surface area contributed by atoms with Gasteiger partial charge in [0, 0.05) is 62.7 Å². The number of carbonyl (C=O) groups is 1. The van der Waals surface area contributed by atoms with E-state index in [0.29, 0.717) is 36.5 Å². The molecular formula is C30H38N4O5. The number of fused-ring (bicyclic) bond motifs is 2. The van der Waals surface area contributed by atoms with Crippen molar-refractivity contribution in [3.63, 3.8) is 0 Å². The van der Waals surface area contributed by atoms with Crippen LogP contribution >= 0.6 is 0 Å². The second-order valence-corrected chi connectivity index (χ2v) is 10.3. The van der Waals surface area contributed by atoms with Gasteiger partial charge in [0.2, 0.25) is 5.91 Å². The lowest BCUT2D eigenvalue weighted by Gasteiger charge is -2.31. The van der Waals surface area contributed by atoms with Crippen molar-refractivity contribution in [3.8, 4) is 17.2 Å². The zero-order chi connectivity index (χ0) is 27.2. The molecule has 3 aliphatic heterocycles. The van der Waals surface area contributed by atoms with Gasteiger partial charge < -0.3 is 29.1 Å². The molecule has 0 bridgehead atoms. The van der Waals surface area contributed by atoms with Crippen LogP contribution in [0.4, 0.5) is 5.69 Å². The Bertz CT molecular complexity index is 1220. The van der Waals surface area contributed by atoms with Gasteiger partial charge in [-0.15, -0.1) is 0 Å². The first kappa shape index (κ1) is 27.2. The van der Waals surface area contributed by atoms with Gasteiger partial charge in [-0.1, -0.05) is 6.07 Å². The Morgan fingerprint density at radius 1 is 1.05 bits per heavy atom. The average molecular weight is 535 g/mol. The molecule has 9 nitrogen and oxygen atoms in total. The van der Waals surface area contributed by atoms with Gasteiger partial charge in [-0.05, 0) is 61.8 Å². The van der Waals surface area contributed by atoms with Gasteiger partial charge in [-0.2, -0.15) is 0 Å². The highest BCUT2D eigenvalue weighted by Gasteiger charge is 2.26. The quantitative estimate of drug-likeness (QED) is 0.391. The smallest absolute Gasteiger partial charge is 0.246 e. The summed E-state index contributed by atoms with van der Waals surface area (Å²) in [5, 5.41) is 9.96. The molecular weight excluding hydrogens is 496 g/mol. The van der Waals surface area contributed by atoms with E-state index < -0.39 is 0 Å². The Morgan fingerprint density at radius 3 is 2.62 bits per heavy atom. The molecule has 9 heteroatoms. The number of amides is 1. The van der Waals surface area contributed by atoms with Gasteiger partial charge in [0.05, 0.1) is 19.4 Å². The van der Waals surface area contributed by atoms with Crippen LogP contribution in [0.15, 0.2) is 41.4 Å². The maximum absolute atomic E-state index is 12.5. The van der Waals surface area contributed by atoms with E-state index >= 15 is 0 Å². The second-order valence-electron chi connectivity index (χ2n) is 10.3. The SMILES string of the molecule is COc1cc(/C=C/C(=O)N2CCN(C)CC2)ccc1OCCOc1cc2c(cc1CO)CN1CCC[C@H]1C=N2. The molecule has 3 aliphatic rings. The number of benzene rings is 2. The van der Waals surface area contributed by atoms with E-state index in [-0.39, 0.29) is 12.5 Å². The van der Waals surface area contributed by atoms with Crippen LogP contribution in [-0.4, -0.2) is 98.1 Å². The molecule has 0 spiro atoms. The van der Waals surface area contributed by atoms with Crippen molar-refractivity contribution in [1.29, 1.82) is 0 Å². The monoisotopic (exact) mass is 534 g/mol. The fraction of sp³-hybridized carbons (Fsp3) is 0.467. The van der Waals surface area contributed by atoms with Gasteiger partial charge in [-0.25, -0.2) is 0 Å². The van der Waals surface area contributed by atoms with E-state index in [1.54, 1.807) is 19.3 Å². The molecule has 2 saturated heterocycles. The van der Waals surface area contributed by atoms with Crippen molar-refractivity contribution in [2.75, 3.05) is 60.1 Å². The Kier molecular flexibility index (Phi) is 8.81. The van der Waals surface area contributed by atoms with Crippen LogP contribution in [0.3, 0.4) is 0 Å². The van der Waals surface area contributed by atoms with E-state index in [0.717, 1.165) is 68.1 Å². The lowest BCUT2D eigenvalue weighted by molar-refractivity contribution is -0.127. The van der Waals surface area contributed by atoms with E-state index in [1.807, 2.05) is 41.4 Å². The van der Waals surface area contributed by atoms with Crippen molar-refractivity contribution in [2.24, 2.45) is 4.99 Å². The van der Waals surface area contributed by atoms with Crippen LogP contribution in [0.1, 0.15) is 29.5 Å². The normalized spacial score (nSPS) is 19.6. The van der Waals surface area contributed by atoms with Crippen molar-refractivity contribution < 1.29 is 24.1 Å². The van der Waals surface area contributed by atoms with Gasteiger partial charge in [-0.3, -0.25) is 14.7 Å². The number of aliphatic hydroxyl groups excluding tert-OH is 1. The Morgan fingerprint density at radius 2 is 1.85 bits per heavy atom. The number of aliphatic hydroxyl groups is 1. The number of ether oxygens (including phenoxy) is 3. The van der Waals surface area contributed by atoms with Gasteiger partial charge in [0.15, 0.2) is 11.5 Å². The topological polar surface area (TPSA) is 87.1 Å². The van der Waals surface area contributed by atoms with Crippen molar-refractivity contribution in [1.82, 2.24) is 14.7 Å². The molecule has 2 fully saturated rings. The molecule has 0 aromatic heterocycles. The lowest BCUT2D eigenvalue weighted by atomic mass is 10.1. The zero-order valence-electron chi connectivity index (χ0n) is 22.8. The second kappa shape index (κ2) is 12.6. The minimum absolute atomic E-state index is 0.0191.